The molecule has 0 saturated carbocycles. The lowest BCUT2D eigenvalue weighted by atomic mass is 10.2. The zero-order valence-corrected chi connectivity index (χ0v) is 9.66. The maximum Gasteiger partial charge on any atom is 0.228 e. The van der Waals surface area contributed by atoms with E-state index < -0.39 is 0 Å². The third kappa shape index (κ3) is 2.10. The Labute approximate surface area is 98.7 Å². The van der Waals surface area contributed by atoms with E-state index in [4.69, 9.17) is 21.1 Å². The Morgan fingerprint density at radius 2 is 2.12 bits per heavy atom. The summed E-state index contributed by atoms with van der Waals surface area (Å²) in [6.45, 7) is 1.90. The van der Waals surface area contributed by atoms with Crippen LogP contribution in [-0.2, 0) is 6.42 Å². The minimum atomic E-state index is 0.0648. The van der Waals surface area contributed by atoms with Crippen LogP contribution >= 0.6 is 11.6 Å². The molecule has 0 bridgehead atoms. The van der Waals surface area contributed by atoms with Crippen molar-refractivity contribution in [3.05, 3.63) is 40.7 Å². The number of aliphatic hydroxyl groups is 1. The molecule has 0 atom stereocenters. The fourth-order valence-electron chi connectivity index (χ4n) is 1.52. The Bertz CT molecular complexity index is 494. The van der Waals surface area contributed by atoms with Gasteiger partial charge in [0.1, 0.15) is 5.76 Å². The van der Waals surface area contributed by atoms with Gasteiger partial charge in [0, 0.05) is 13.0 Å². The summed E-state index contributed by atoms with van der Waals surface area (Å²) in [5.74, 6) is 1.23. The van der Waals surface area contributed by atoms with Gasteiger partial charge in [-0.2, -0.15) is 0 Å². The largest absolute Gasteiger partial charge is 0.441 e. The van der Waals surface area contributed by atoms with Crippen LogP contribution in [0.1, 0.15) is 11.5 Å². The number of aromatic nitrogens is 1. The number of aryl methyl sites for hydroxylation is 1. The molecule has 16 heavy (non-hydrogen) atoms. The lowest BCUT2D eigenvalue weighted by molar-refractivity contribution is 0.297. The number of benzene rings is 1. The molecular weight excluding hydrogens is 226 g/mol. The van der Waals surface area contributed by atoms with Crippen molar-refractivity contribution in [2.75, 3.05) is 6.61 Å². The fraction of sp³-hybridized carbons (Fsp3) is 0.250. The normalized spacial score (nSPS) is 10.7. The van der Waals surface area contributed by atoms with Gasteiger partial charge in [-0.25, -0.2) is 4.98 Å². The number of halogens is 1. The van der Waals surface area contributed by atoms with Gasteiger partial charge in [-0.3, -0.25) is 0 Å². The molecule has 0 fully saturated rings. The molecule has 0 aliphatic heterocycles. The van der Waals surface area contributed by atoms with Crippen molar-refractivity contribution in [2.24, 2.45) is 0 Å². The van der Waals surface area contributed by atoms with Gasteiger partial charge in [0.25, 0.3) is 0 Å². The molecular formula is C12H12ClNO2. The first kappa shape index (κ1) is 11.2. The van der Waals surface area contributed by atoms with E-state index >= 15 is 0 Å². The second-order valence-corrected chi connectivity index (χ2v) is 3.88. The monoisotopic (exact) mass is 237 g/mol. The summed E-state index contributed by atoms with van der Waals surface area (Å²) >= 11 is 6.05. The first-order chi connectivity index (χ1) is 7.72. The van der Waals surface area contributed by atoms with E-state index in [1.54, 1.807) is 6.07 Å². The lowest BCUT2D eigenvalue weighted by Crippen LogP contribution is -1.92. The summed E-state index contributed by atoms with van der Waals surface area (Å²) in [5, 5.41) is 9.48. The van der Waals surface area contributed by atoms with Crippen molar-refractivity contribution in [1.29, 1.82) is 0 Å². The van der Waals surface area contributed by atoms with Crippen LogP contribution in [0.5, 0.6) is 0 Å². The van der Waals surface area contributed by atoms with Crippen molar-refractivity contribution in [2.45, 2.75) is 13.3 Å². The van der Waals surface area contributed by atoms with E-state index in [2.05, 4.69) is 4.98 Å². The molecule has 0 aliphatic rings. The fourth-order valence-corrected chi connectivity index (χ4v) is 1.73. The van der Waals surface area contributed by atoms with E-state index in [1.165, 1.54) is 0 Å². The molecule has 4 heteroatoms. The van der Waals surface area contributed by atoms with Gasteiger partial charge < -0.3 is 9.52 Å². The van der Waals surface area contributed by atoms with Crippen LogP contribution in [0.3, 0.4) is 0 Å². The van der Waals surface area contributed by atoms with Gasteiger partial charge in [-0.05, 0) is 19.1 Å². The molecule has 0 spiro atoms. The maximum atomic E-state index is 8.87. The van der Waals surface area contributed by atoms with Crippen molar-refractivity contribution in [3.63, 3.8) is 0 Å². The standard InChI is InChI=1S/C12H12ClNO2/c1-8-11(6-7-15)14-12(16-8)9-4-2-3-5-10(9)13/h2-5,15H,6-7H2,1H3. The van der Waals surface area contributed by atoms with E-state index in [1.807, 2.05) is 25.1 Å². The molecule has 1 aromatic carbocycles. The van der Waals surface area contributed by atoms with E-state index in [0.717, 1.165) is 17.0 Å². The highest BCUT2D eigenvalue weighted by Crippen LogP contribution is 2.28. The van der Waals surface area contributed by atoms with Crippen LogP contribution in [0, 0.1) is 6.92 Å². The molecule has 0 radical (unpaired) electrons. The molecule has 1 aromatic heterocycles. The molecule has 1 N–H and O–H groups in total. The molecule has 2 rings (SSSR count). The molecule has 1 heterocycles. The summed E-state index contributed by atoms with van der Waals surface area (Å²) < 4.78 is 5.53. The summed E-state index contributed by atoms with van der Waals surface area (Å²) in [5.41, 5.74) is 1.55. The minimum Gasteiger partial charge on any atom is -0.441 e. The van der Waals surface area contributed by atoms with Gasteiger partial charge in [-0.1, -0.05) is 23.7 Å². The number of rotatable bonds is 3. The van der Waals surface area contributed by atoms with Crippen molar-refractivity contribution >= 4 is 11.6 Å². The number of nitrogens with zero attached hydrogens (tertiary/aromatic N) is 1. The molecule has 0 aliphatic carbocycles. The summed E-state index contributed by atoms with van der Waals surface area (Å²) in [4.78, 5) is 4.32. The van der Waals surface area contributed by atoms with Crippen LogP contribution in [-0.4, -0.2) is 16.7 Å². The highest BCUT2D eigenvalue weighted by atomic mass is 35.5. The van der Waals surface area contributed by atoms with Crippen LogP contribution in [0.4, 0.5) is 0 Å². The Hall–Kier alpha value is -1.32. The van der Waals surface area contributed by atoms with Gasteiger partial charge >= 0.3 is 0 Å². The number of aliphatic hydroxyl groups excluding tert-OH is 1. The Morgan fingerprint density at radius 1 is 1.38 bits per heavy atom. The second-order valence-electron chi connectivity index (χ2n) is 3.48. The first-order valence-corrected chi connectivity index (χ1v) is 5.42. The summed E-state index contributed by atoms with van der Waals surface area (Å²) in [7, 11) is 0. The topological polar surface area (TPSA) is 46.3 Å². The van der Waals surface area contributed by atoms with Gasteiger partial charge in [-0.15, -0.1) is 0 Å². The van der Waals surface area contributed by atoms with E-state index in [9.17, 15) is 0 Å². The molecule has 84 valence electrons. The third-order valence-electron chi connectivity index (χ3n) is 2.35. The van der Waals surface area contributed by atoms with Crippen molar-refractivity contribution in [1.82, 2.24) is 4.98 Å². The predicted octanol–water partition coefficient (Wildman–Crippen LogP) is 2.84. The summed E-state index contributed by atoms with van der Waals surface area (Å²) in [6, 6.07) is 7.39. The molecule has 0 amide bonds. The average molecular weight is 238 g/mol. The SMILES string of the molecule is Cc1oc(-c2ccccc2Cl)nc1CCO. The zero-order valence-electron chi connectivity index (χ0n) is 8.90. The van der Waals surface area contributed by atoms with Crippen molar-refractivity contribution < 1.29 is 9.52 Å². The van der Waals surface area contributed by atoms with Crippen LogP contribution in [0.15, 0.2) is 28.7 Å². The van der Waals surface area contributed by atoms with Crippen LogP contribution < -0.4 is 0 Å². The predicted molar refractivity (Wildman–Crippen MR) is 62.5 cm³/mol. The molecule has 3 nitrogen and oxygen atoms in total. The smallest absolute Gasteiger partial charge is 0.228 e. The number of hydrogen-bond donors (Lipinski definition) is 1. The quantitative estimate of drug-likeness (QED) is 0.893. The van der Waals surface area contributed by atoms with Crippen LogP contribution in [0.25, 0.3) is 11.5 Å². The molecule has 2 aromatic rings. The Morgan fingerprint density at radius 3 is 2.81 bits per heavy atom. The van der Waals surface area contributed by atoms with Crippen LogP contribution in [0.2, 0.25) is 5.02 Å². The number of oxazole rings is 1. The number of hydrogen-bond acceptors (Lipinski definition) is 3. The maximum absolute atomic E-state index is 8.87. The third-order valence-corrected chi connectivity index (χ3v) is 2.68. The Balaban J connectivity index is 2.42. The molecule has 0 unspecified atom stereocenters. The van der Waals surface area contributed by atoms with E-state index in [0.29, 0.717) is 17.3 Å². The Kier molecular flexibility index (Phi) is 3.27. The lowest BCUT2D eigenvalue weighted by Gasteiger charge is -1.97. The first-order valence-electron chi connectivity index (χ1n) is 5.04. The highest BCUT2D eigenvalue weighted by molar-refractivity contribution is 6.33. The van der Waals surface area contributed by atoms with Gasteiger partial charge in [0.2, 0.25) is 5.89 Å². The van der Waals surface area contributed by atoms with Gasteiger partial charge in [0.15, 0.2) is 0 Å². The summed E-state index contributed by atoms with van der Waals surface area (Å²) in [6.07, 6.45) is 0.500. The highest BCUT2D eigenvalue weighted by Gasteiger charge is 2.12. The van der Waals surface area contributed by atoms with Crippen molar-refractivity contribution in [3.8, 4) is 11.5 Å². The minimum absolute atomic E-state index is 0.0648. The average Bonchev–Trinajstić information content (AvgIpc) is 2.61. The zero-order chi connectivity index (χ0) is 11.5. The van der Waals surface area contributed by atoms with E-state index in [-0.39, 0.29) is 6.61 Å². The molecule has 0 saturated heterocycles. The second kappa shape index (κ2) is 4.68. The van der Waals surface area contributed by atoms with Gasteiger partial charge in [0.05, 0.1) is 16.3 Å².